The van der Waals surface area contributed by atoms with Crippen molar-refractivity contribution in [2.45, 2.75) is 69.9 Å². The maximum absolute atomic E-state index is 5.95. The van der Waals surface area contributed by atoms with Crippen molar-refractivity contribution in [3.63, 3.8) is 0 Å². The normalized spacial score (nSPS) is 24.5. The van der Waals surface area contributed by atoms with Gasteiger partial charge in [-0.05, 0) is 62.1 Å². The van der Waals surface area contributed by atoms with Crippen LogP contribution in [0.25, 0.3) is 0 Å². The van der Waals surface area contributed by atoms with E-state index in [0.717, 1.165) is 25.5 Å². The van der Waals surface area contributed by atoms with Crippen LogP contribution < -0.4 is 5.32 Å². The Morgan fingerprint density at radius 1 is 1.19 bits per heavy atom. The van der Waals surface area contributed by atoms with Gasteiger partial charge in [0.25, 0.3) is 0 Å². The van der Waals surface area contributed by atoms with E-state index in [2.05, 4.69) is 36.5 Å². The summed E-state index contributed by atoms with van der Waals surface area (Å²) in [6.45, 7) is 4.17. The van der Waals surface area contributed by atoms with Gasteiger partial charge in [-0.1, -0.05) is 37.6 Å². The van der Waals surface area contributed by atoms with E-state index in [1.165, 1.54) is 44.1 Å². The van der Waals surface area contributed by atoms with E-state index in [9.17, 15) is 0 Å². The van der Waals surface area contributed by atoms with E-state index in [1.54, 1.807) is 5.56 Å². The first-order valence-electron chi connectivity index (χ1n) is 8.81. The molecule has 0 spiro atoms. The van der Waals surface area contributed by atoms with Gasteiger partial charge in [-0.25, -0.2) is 0 Å². The number of ether oxygens (including phenoxy) is 1. The Balaban J connectivity index is 1.69. The average molecular weight is 287 g/mol. The summed E-state index contributed by atoms with van der Waals surface area (Å²) in [5.41, 5.74) is 3.00. The van der Waals surface area contributed by atoms with Crippen LogP contribution in [0.2, 0.25) is 0 Å². The summed E-state index contributed by atoms with van der Waals surface area (Å²) in [5.74, 6) is 0.818. The molecule has 0 bridgehead atoms. The average Bonchev–Trinajstić information content (AvgIpc) is 2.46. The lowest BCUT2D eigenvalue weighted by Gasteiger charge is -2.29. The molecular weight excluding hydrogens is 258 g/mol. The quantitative estimate of drug-likeness (QED) is 0.828. The highest BCUT2D eigenvalue weighted by molar-refractivity contribution is 5.29. The molecule has 1 saturated carbocycles. The van der Waals surface area contributed by atoms with Crippen LogP contribution in [0.4, 0.5) is 0 Å². The van der Waals surface area contributed by atoms with Crippen molar-refractivity contribution in [3.05, 3.63) is 35.4 Å². The predicted octanol–water partition coefficient (Wildman–Crippen LogP) is 4.56. The Labute approximate surface area is 129 Å². The third-order valence-electron chi connectivity index (χ3n) is 5.11. The lowest BCUT2D eigenvalue weighted by molar-refractivity contribution is 0.00513. The Morgan fingerprint density at radius 2 is 2.10 bits per heavy atom. The molecule has 2 nitrogen and oxygen atoms in total. The first kappa shape index (κ1) is 15.1. The van der Waals surface area contributed by atoms with Gasteiger partial charge in [0, 0.05) is 12.6 Å². The minimum absolute atomic E-state index is 0.440. The first-order valence-corrected chi connectivity index (χ1v) is 8.81. The van der Waals surface area contributed by atoms with Crippen molar-refractivity contribution in [2.24, 2.45) is 0 Å². The molecule has 0 radical (unpaired) electrons. The van der Waals surface area contributed by atoms with Crippen LogP contribution in [0.5, 0.6) is 0 Å². The Hall–Kier alpha value is -0.860. The van der Waals surface area contributed by atoms with E-state index < -0.39 is 0 Å². The summed E-state index contributed by atoms with van der Waals surface area (Å²) in [6, 6.07) is 9.74. The van der Waals surface area contributed by atoms with Gasteiger partial charge in [0.05, 0.1) is 6.10 Å². The monoisotopic (exact) mass is 287 g/mol. The molecule has 1 saturated heterocycles. The zero-order chi connectivity index (χ0) is 14.5. The molecule has 2 atom stereocenters. The molecule has 116 valence electrons. The van der Waals surface area contributed by atoms with E-state index in [1.807, 2.05) is 0 Å². The van der Waals surface area contributed by atoms with Gasteiger partial charge in [-0.2, -0.15) is 0 Å². The highest BCUT2D eigenvalue weighted by Crippen LogP contribution is 2.37. The van der Waals surface area contributed by atoms with Crippen LogP contribution in [-0.4, -0.2) is 19.3 Å². The van der Waals surface area contributed by atoms with E-state index in [-0.39, 0.29) is 0 Å². The fourth-order valence-corrected chi connectivity index (χ4v) is 3.61. The summed E-state index contributed by atoms with van der Waals surface area (Å²) < 4.78 is 5.95. The maximum Gasteiger partial charge on any atom is 0.0593 e. The molecule has 0 aromatic heterocycles. The molecule has 2 fully saturated rings. The van der Waals surface area contributed by atoms with Crippen molar-refractivity contribution < 1.29 is 4.74 Å². The molecule has 1 heterocycles. The van der Waals surface area contributed by atoms with Crippen LogP contribution in [0.15, 0.2) is 24.3 Å². The Bertz CT molecular complexity index is 435. The molecule has 2 unspecified atom stereocenters. The van der Waals surface area contributed by atoms with E-state index in [0.29, 0.717) is 12.1 Å². The molecule has 1 aliphatic heterocycles. The molecule has 0 amide bonds. The van der Waals surface area contributed by atoms with Crippen LogP contribution >= 0.6 is 0 Å². The summed E-state index contributed by atoms with van der Waals surface area (Å²) >= 11 is 0. The summed E-state index contributed by atoms with van der Waals surface area (Å²) in [6.07, 6.45) is 9.50. The minimum atomic E-state index is 0.440. The number of rotatable bonds is 6. The molecule has 1 aliphatic carbocycles. The molecule has 1 aromatic rings. The fourth-order valence-electron chi connectivity index (χ4n) is 3.61. The molecule has 2 heteroatoms. The van der Waals surface area contributed by atoms with Gasteiger partial charge < -0.3 is 10.1 Å². The van der Waals surface area contributed by atoms with E-state index >= 15 is 0 Å². The lowest BCUT2D eigenvalue weighted by atomic mass is 9.79. The third kappa shape index (κ3) is 3.87. The Kier molecular flexibility index (Phi) is 5.32. The standard InChI is InChI=1S/C19H29NO/c1-2-20-19(14-18-11-3-4-12-21-18)17-10-6-9-16(13-17)15-7-5-8-15/h6,9-10,13,15,18-20H,2-5,7-8,11-12,14H2,1H3. The third-order valence-corrected chi connectivity index (χ3v) is 5.11. The maximum atomic E-state index is 5.95. The molecule has 3 rings (SSSR count). The minimum Gasteiger partial charge on any atom is -0.378 e. The summed E-state index contributed by atoms with van der Waals surface area (Å²) in [4.78, 5) is 0. The largest absolute Gasteiger partial charge is 0.378 e. The number of hydrogen-bond donors (Lipinski definition) is 1. The number of hydrogen-bond acceptors (Lipinski definition) is 2. The van der Waals surface area contributed by atoms with Crippen molar-refractivity contribution in [3.8, 4) is 0 Å². The SMILES string of the molecule is CCNC(CC1CCCCO1)c1cccc(C2CCC2)c1. The van der Waals surface area contributed by atoms with E-state index in [4.69, 9.17) is 4.74 Å². The summed E-state index contributed by atoms with van der Waals surface area (Å²) in [7, 11) is 0. The zero-order valence-electron chi connectivity index (χ0n) is 13.3. The fraction of sp³-hybridized carbons (Fsp3) is 0.684. The van der Waals surface area contributed by atoms with Crippen LogP contribution in [0.3, 0.4) is 0 Å². The van der Waals surface area contributed by atoms with Gasteiger partial charge >= 0.3 is 0 Å². The predicted molar refractivity (Wildman–Crippen MR) is 87.7 cm³/mol. The second-order valence-corrected chi connectivity index (χ2v) is 6.63. The van der Waals surface area contributed by atoms with Crippen molar-refractivity contribution in [1.29, 1.82) is 0 Å². The van der Waals surface area contributed by atoms with Gasteiger partial charge in [0.1, 0.15) is 0 Å². The molecule has 2 aliphatic rings. The van der Waals surface area contributed by atoms with Crippen molar-refractivity contribution in [1.82, 2.24) is 5.32 Å². The van der Waals surface area contributed by atoms with Gasteiger partial charge in [0.15, 0.2) is 0 Å². The molecule has 1 N–H and O–H groups in total. The zero-order valence-corrected chi connectivity index (χ0v) is 13.3. The lowest BCUT2D eigenvalue weighted by Crippen LogP contribution is -2.29. The topological polar surface area (TPSA) is 21.3 Å². The van der Waals surface area contributed by atoms with Crippen LogP contribution in [0, 0.1) is 0 Å². The molecule has 1 aromatic carbocycles. The number of nitrogens with one attached hydrogen (secondary N) is 1. The highest BCUT2D eigenvalue weighted by atomic mass is 16.5. The smallest absolute Gasteiger partial charge is 0.0593 e. The van der Waals surface area contributed by atoms with Crippen LogP contribution in [0.1, 0.15) is 75.0 Å². The van der Waals surface area contributed by atoms with Crippen LogP contribution in [-0.2, 0) is 4.74 Å². The Morgan fingerprint density at radius 3 is 2.76 bits per heavy atom. The van der Waals surface area contributed by atoms with Gasteiger partial charge in [-0.3, -0.25) is 0 Å². The second-order valence-electron chi connectivity index (χ2n) is 6.63. The molecule has 21 heavy (non-hydrogen) atoms. The van der Waals surface area contributed by atoms with Crippen molar-refractivity contribution >= 4 is 0 Å². The van der Waals surface area contributed by atoms with Gasteiger partial charge in [-0.15, -0.1) is 0 Å². The van der Waals surface area contributed by atoms with Gasteiger partial charge in [0.2, 0.25) is 0 Å². The first-order chi connectivity index (χ1) is 10.4. The highest BCUT2D eigenvalue weighted by Gasteiger charge is 2.23. The second kappa shape index (κ2) is 7.42. The molecular formula is C19H29NO. The van der Waals surface area contributed by atoms with Crippen molar-refractivity contribution in [2.75, 3.05) is 13.2 Å². The summed E-state index contributed by atoms with van der Waals surface area (Å²) in [5, 5.41) is 3.67. The number of benzene rings is 1.